The van der Waals surface area contributed by atoms with Crippen LogP contribution in [0.2, 0.25) is 5.02 Å². The van der Waals surface area contributed by atoms with E-state index in [2.05, 4.69) is 10.3 Å². The van der Waals surface area contributed by atoms with Crippen molar-refractivity contribution in [2.75, 3.05) is 20.2 Å². The summed E-state index contributed by atoms with van der Waals surface area (Å²) in [5.74, 6) is -0.0231. The van der Waals surface area contributed by atoms with Gasteiger partial charge in [-0.15, -0.1) is 0 Å². The molecule has 3 atom stereocenters. The van der Waals surface area contributed by atoms with Crippen molar-refractivity contribution in [1.82, 2.24) is 15.2 Å². The number of aromatic nitrogens is 1. The van der Waals surface area contributed by atoms with Gasteiger partial charge in [0.1, 0.15) is 0 Å². The fraction of sp³-hybridized carbons (Fsp3) is 0.519. The average molecular weight is 500 g/mol. The highest BCUT2D eigenvalue weighted by molar-refractivity contribution is 6.30. The van der Waals surface area contributed by atoms with Crippen molar-refractivity contribution in [2.45, 2.75) is 57.6 Å². The van der Waals surface area contributed by atoms with Crippen LogP contribution in [-0.2, 0) is 10.4 Å². The van der Waals surface area contributed by atoms with Crippen LogP contribution in [-0.4, -0.2) is 53.0 Å². The summed E-state index contributed by atoms with van der Waals surface area (Å²) < 4.78 is 5.06. The molecular formula is C27H34ClN3O4. The topological polar surface area (TPSA) is 91.8 Å². The fourth-order valence-corrected chi connectivity index (χ4v) is 5.62. The quantitative estimate of drug-likeness (QED) is 0.644. The minimum absolute atomic E-state index is 0.0501. The summed E-state index contributed by atoms with van der Waals surface area (Å²) in [6.45, 7) is 4.89. The molecule has 1 aromatic carbocycles. The number of rotatable bonds is 5. The molecular weight excluding hydrogens is 466 g/mol. The Bertz CT molecular complexity index is 1060. The maximum atomic E-state index is 13.7. The monoisotopic (exact) mass is 499 g/mol. The molecule has 0 unspecified atom stereocenters. The van der Waals surface area contributed by atoms with Crippen LogP contribution in [0.1, 0.15) is 61.9 Å². The number of halogens is 1. The Morgan fingerprint density at radius 2 is 1.86 bits per heavy atom. The molecule has 8 heteroatoms. The molecule has 2 heterocycles. The van der Waals surface area contributed by atoms with Crippen molar-refractivity contribution < 1.29 is 19.4 Å². The van der Waals surface area contributed by atoms with Gasteiger partial charge in [-0.25, -0.2) is 4.98 Å². The molecule has 7 nitrogen and oxygen atoms in total. The number of likely N-dealkylation sites (tertiary alicyclic amines) is 1. The number of nitrogens with one attached hydrogen (secondary N) is 1. The number of hydrogen-bond acceptors (Lipinski definition) is 5. The Morgan fingerprint density at radius 3 is 2.49 bits per heavy atom. The van der Waals surface area contributed by atoms with Crippen molar-refractivity contribution in [3.8, 4) is 5.88 Å². The van der Waals surface area contributed by atoms with Gasteiger partial charge in [0, 0.05) is 41.8 Å². The number of benzene rings is 1. The lowest BCUT2D eigenvalue weighted by Gasteiger charge is -2.51. The number of piperidine rings is 1. The molecule has 188 valence electrons. The van der Waals surface area contributed by atoms with Crippen LogP contribution < -0.4 is 10.1 Å². The highest BCUT2D eigenvalue weighted by Gasteiger charge is 2.50. The molecule has 1 aliphatic carbocycles. The molecule has 4 rings (SSSR count). The van der Waals surface area contributed by atoms with Crippen molar-refractivity contribution in [1.29, 1.82) is 0 Å². The fourth-order valence-electron chi connectivity index (χ4n) is 5.49. The van der Waals surface area contributed by atoms with E-state index < -0.39 is 11.0 Å². The van der Waals surface area contributed by atoms with Crippen LogP contribution >= 0.6 is 11.6 Å². The molecule has 0 radical (unpaired) electrons. The summed E-state index contributed by atoms with van der Waals surface area (Å²) >= 11 is 6.05. The van der Waals surface area contributed by atoms with E-state index in [9.17, 15) is 14.7 Å². The molecule has 1 aromatic heterocycles. The Kier molecular flexibility index (Phi) is 7.38. The zero-order valence-corrected chi connectivity index (χ0v) is 21.3. The number of aliphatic hydroxyl groups is 1. The minimum Gasteiger partial charge on any atom is -0.481 e. The Balaban J connectivity index is 1.46. The van der Waals surface area contributed by atoms with Gasteiger partial charge in [-0.3, -0.25) is 9.59 Å². The molecule has 2 aliphatic rings. The van der Waals surface area contributed by atoms with Gasteiger partial charge in [0.25, 0.3) is 5.91 Å². The van der Waals surface area contributed by atoms with Gasteiger partial charge in [0.2, 0.25) is 11.8 Å². The van der Waals surface area contributed by atoms with Crippen molar-refractivity contribution in [3.05, 3.63) is 58.7 Å². The molecule has 2 fully saturated rings. The molecule has 35 heavy (non-hydrogen) atoms. The number of carbonyl (C=O) groups excluding carboxylic acids is 2. The van der Waals surface area contributed by atoms with Crippen LogP contribution in [0.4, 0.5) is 0 Å². The smallest absolute Gasteiger partial charge is 0.253 e. The number of carbonyl (C=O) groups is 2. The standard InChI is InChI=1S/C27H34ClN3O4/c1-26(2)17-31(15-14-27(26,34)19-9-11-20(28)12-10-19)25(33)21-6-4-5-7-22(21)30-24(32)18-8-13-23(35-3)29-16-18/h8-13,16,21-22,34H,4-7,14-15,17H2,1-3H3,(H,30,32)/t21-,22+,27-/m0/s1. The van der Waals surface area contributed by atoms with Crippen LogP contribution in [0, 0.1) is 11.3 Å². The molecule has 0 bridgehead atoms. The van der Waals surface area contributed by atoms with Crippen LogP contribution in [0.3, 0.4) is 0 Å². The number of hydrogen-bond donors (Lipinski definition) is 2. The predicted octanol–water partition coefficient (Wildman–Crippen LogP) is 4.18. The number of pyridine rings is 1. The highest BCUT2D eigenvalue weighted by atomic mass is 35.5. The first-order chi connectivity index (χ1) is 16.6. The third-order valence-corrected chi connectivity index (χ3v) is 7.94. The summed E-state index contributed by atoms with van der Waals surface area (Å²) in [4.78, 5) is 32.5. The lowest BCUT2D eigenvalue weighted by Crippen LogP contribution is -2.59. The Morgan fingerprint density at radius 1 is 1.14 bits per heavy atom. The first-order valence-electron chi connectivity index (χ1n) is 12.2. The third-order valence-electron chi connectivity index (χ3n) is 7.69. The van der Waals surface area contributed by atoms with E-state index in [0.29, 0.717) is 36.0 Å². The average Bonchev–Trinajstić information content (AvgIpc) is 2.86. The minimum atomic E-state index is -1.06. The SMILES string of the molecule is COc1ccc(C(=O)N[C@@H]2CCCC[C@@H]2C(=O)N2CC[C@](O)(c3ccc(Cl)cc3)C(C)(C)C2)cn1. The van der Waals surface area contributed by atoms with Crippen LogP contribution in [0.25, 0.3) is 0 Å². The molecule has 2 aromatic rings. The van der Waals surface area contributed by atoms with E-state index in [1.165, 1.54) is 13.3 Å². The van der Waals surface area contributed by atoms with E-state index in [0.717, 1.165) is 31.2 Å². The van der Waals surface area contributed by atoms with Gasteiger partial charge >= 0.3 is 0 Å². The molecule has 2 amide bonds. The maximum absolute atomic E-state index is 13.7. The van der Waals surface area contributed by atoms with Crippen LogP contribution in [0.15, 0.2) is 42.6 Å². The summed E-state index contributed by atoms with van der Waals surface area (Å²) in [5.41, 5.74) is -0.364. The molecule has 1 saturated heterocycles. The third kappa shape index (κ3) is 5.16. The van der Waals surface area contributed by atoms with Crippen LogP contribution in [0.5, 0.6) is 5.88 Å². The van der Waals surface area contributed by atoms with E-state index in [-0.39, 0.29) is 23.8 Å². The summed E-state index contributed by atoms with van der Waals surface area (Å²) in [7, 11) is 1.53. The highest BCUT2D eigenvalue weighted by Crippen LogP contribution is 2.46. The van der Waals surface area contributed by atoms with Gasteiger partial charge in [0.05, 0.1) is 24.2 Å². The number of ether oxygens (including phenoxy) is 1. The zero-order chi connectivity index (χ0) is 25.2. The largest absolute Gasteiger partial charge is 0.481 e. The van der Waals surface area contributed by atoms with Gasteiger partial charge in [-0.1, -0.05) is 50.4 Å². The zero-order valence-electron chi connectivity index (χ0n) is 20.6. The lowest BCUT2D eigenvalue weighted by molar-refractivity contribution is -0.158. The molecule has 1 aliphatic heterocycles. The summed E-state index contributed by atoms with van der Waals surface area (Å²) in [6, 6.07) is 10.4. The molecule has 2 N–H and O–H groups in total. The second-order valence-corrected chi connectivity index (χ2v) is 10.8. The number of nitrogens with zero attached hydrogens (tertiary/aromatic N) is 2. The number of amides is 2. The second-order valence-electron chi connectivity index (χ2n) is 10.3. The van der Waals surface area contributed by atoms with Gasteiger partial charge in [0.15, 0.2) is 0 Å². The van der Waals surface area contributed by atoms with E-state index in [1.807, 2.05) is 30.9 Å². The first kappa shape index (κ1) is 25.5. The molecule has 1 saturated carbocycles. The van der Waals surface area contributed by atoms with Crippen molar-refractivity contribution in [2.24, 2.45) is 11.3 Å². The van der Waals surface area contributed by atoms with E-state index in [1.54, 1.807) is 24.3 Å². The normalized spacial score (nSPS) is 26.1. The Hall–Kier alpha value is -2.64. The van der Waals surface area contributed by atoms with Gasteiger partial charge in [-0.05, 0) is 43.0 Å². The van der Waals surface area contributed by atoms with Gasteiger partial charge in [-0.2, -0.15) is 0 Å². The molecule has 0 spiro atoms. The maximum Gasteiger partial charge on any atom is 0.253 e. The lowest BCUT2D eigenvalue weighted by atomic mass is 9.66. The Labute approximate surface area is 211 Å². The first-order valence-corrected chi connectivity index (χ1v) is 12.6. The predicted molar refractivity (Wildman–Crippen MR) is 134 cm³/mol. The second kappa shape index (κ2) is 10.2. The van der Waals surface area contributed by atoms with Crippen molar-refractivity contribution in [3.63, 3.8) is 0 Å². The van der Waals surface area contributed by atoms with E-state index >= 15 is 0 Å². The summed E-state index contributed by atoms with van der Waals surface area (Å²) in [6.07, 6.45) is 5.35. The van der Waals surface area contributed by atoms with E-state index in [4.69, 9.17) is 16.3 Å². The summed E-state index contributed by atoms with van der Waals surface area (Å²) in [5, 5.41) is 15.4. The van der Waals surface area contributed by atoms with Crippen molar-refractivity contribution >= 4 is 23.4 Å². The van der Waals surface area contributed by atoms with Gasteiger partial charge < -0.3 is 20.1 Å². The number of methoxy groups -OCH3 is 1.